The Labute approximate surface area is 115 Å². The van der Waals surface area contributed by atoms with Crippen molar-refractivity contribution in [2.75, 3.05) is 7.11 Å². The summed E-state index contributed by atoms with van der Waals surface area (Å²) in [6.07, 6.45) is 0.531. The van der Waals surface area contributed by atoms with Crippen molar-refractivity contribution in [3.05, 3.63) is 35.7 Å². The van der Waals surface area contributed by atoms with Crippen molar-refractivity contribution in [1.82, 2.24) is 20.2 Å². The summed E-state index contributed by atoms with van der Waals surface area (Å²) in [5.41, 5.74) is 6.99. The van der Waals surface area contributed by atoms with Crippen molar-refractivity contribution >= 4 is 5.97 Å². The number of nitrogens with zero attached hydrogens (tertiary/aromatic N) is 4. The molecule has 0 aliphatic heterocycles. The molecule has 0 amide bonds. The highest BCUT2D eigenvalue weighted by Crippen LogP contribution is 2.16. The van der Waals surface area contributed by atoms with Crippen molar-refractivity contribution in [3.8, 4) is 5.75 Å². The van der Waals surface area contributed by atoms with Crippen molar-refractivity contribution in [2.24, 2.45) is 5.73 Å². The summed E-state index contributed by atoms with van der Waals surface area (Å²) in [5, 5.41) is 20.0. The monoisotopic (exact) mass is 277 g/mol. The van der Waals surface area contributed by atoms with Crippen LogP contribution in [0.25, 0.3) is 0 Å². The largest absolute Gasteiger partial charge is 0.497 e. The van der Waals surface area contributed by atoms with Crippen LogP contribution in [-0.2, 0) is 17.8 Å². The number of aromatic nitrogens is 4. The molecule has 1 heterocycles. The minimum Gasteiger partial charge on any atom is -0.497 e. The standard InChI is InChI=1S/C12H15N5O3/c1-20-9-4-2-8(3-5-9)6-10(13)12-14-16-17(15-12)7-11(18)19/h2-5,10H,6-7,13H2,1H3,(H,18,19)/t10-/m0/s1. The molecule has 2 rings (SSSR count). The lowest BCUT2D eigenvalue weighted by atomic mass is 10.1. The van der Waals surface area contributed by atoms with Gasteiger partial charge in [0.15, 0.2) is 12.4 Å². The second kappa shape index (κ2) is 6.11. The molecule has 0 aliphatic carbocycles. The third kappa shape index (κ3) is 3.51. The number of hydrogen-bond acceptors (Lipinski definition) is 6. The van der Waals surface area contributed by atoms with Gasteiger partial charge in [-0.2, -0.15) is 4.80 Å². The Kier molecular flexibility index (Phi) is 4.26. The molecule has 0 fully saturated rings. The maximum atomic E-state index is 10.5. The van der Waals surface area contributed by atoms with E-state index in [2.05, 4.69) is 15.4 Å². The highest BCUT2D eigenvalue weighted by molar-refractivity contribution is 5.66. The van der Waals surface area contributed by atoms with Gasteiger partial charge in [0.1, 0.15) is 5.75 Å². The van der Waals surface area contributed by atoms with Gasteiger partial charge in [-0.3, -0.25) is 4.79 Å². The lowest BCUT2D eigenvalue weighted by Crippen LogP contribution is -2.16. The third-order valence-corrected chi connectivity index (χ3v) is 2.69. The molecule has 0 saturated heterocycles. The van der Waals surface area contributed by atoms with Crippen LogP contribution in [0.1, 0.15) is 17.4 Å². The van der Waals surface area contributed by atoms with Crippen LogP contribution in [0.4, 0.5) is 0 Å². The van der Waals surface area contributed by atoms with Gasteiger partial charge >= 0.3 is 5.97 Å². The maximum Gasteiger partial charge on any atom is 0.327 e. The van der Waals surface area contributed by atoms with Crippen molar-refractivity contribution in [1.29, 1.82) is 0 Å². The molecule has 8 heteroatoms. The lowest BCUT2D eigenvalue weighted by Gasteiger charge is -2.07. The van der Waals surface area contributed by atoms with Gasteiger partial charge in [-0.1, -0.05) is 12.1 Å². The van der Waals surface area contributed by atoms with Crippen molar-refractivity contribution in [2.45, 2.75) is 19.0 Å². The zero-order valence-corrected chi connectivity index (χ0v) is 10.9. The number of carboxylic acids is 1. The molecule has 1 aromatic carbocycles. The Morgan fingerprint density at radius 2 is 2.15 bits per heavy atom. The van der Waals surface area contributed by atoms with E-state index in [9.17, 15) is 4.79 Å². The highest BCUT2D eigenvalue weighted by Gasteiger charge is 2.14. The fourth-order valence-corrected chi connectivity index (χ4v) is 1.70. The fourth-order valence-electron chi connectivity index (χ4n) is 1.70. The molecule has 0 spiro atoms. The average molecular weight is 277 g/mol. The first-order valence-electron chi connectivity index (χ1n) is 5.96. The molecule has 0 bridgehead atoms. The van der Waals surface area contributed by atoms with Gasteiger partial charge in [0.05, 0.1) is 13.2 Å². The van der Waals surface area contributed by atoms with Crippen LogP contribution in [0.3, 0.4) is 0 Å². The molecule has 0 aliphatic rings. The molecule has 8 nitrogen and oxygen atoms in total. The van der Waals surface area contributed by atoms with Gasteiger partial charge in [-0.25, -0.2) is 0 Å². The Hall–Kier alpha value is -2.48. The quantitative estimate of drug-likeness (QED) is 0.763. The minimum absolute atomic E-state index is 0.321. The number of benzene rings is 1. The third-order valence-electron chi connectivity index (χ3n) is 2.69. The fraction of sp³-hybridized carbons (Fsp3) is 0.333. The number of hydrogen-bond donors (Lipinski definition) is 2. The summed E-state index contributed by atoms with van der Waals surface area (Å²) >= 11 is 0. The number of carbonyl (C=O) groups is 1. The predicted octanol–water partition coefficient (Wildman–Crippen LogP) is 0.00880. The molecule has 0 unspecified atom stereocenters. The van der Waals surface area contributed by atoms with Crippen LogP contribution < -0.4 is 10.5 Å². The SMILES string of the molecule is COc1ccc(C[C@H](N)c2nnn(CC(=O)O)n2)cc1. The Balaban J connectivity index is 2.01. The van der Waals surface area contributed by atoms with E-state index in [-0.39, 0.29) is 6.54 Å². The van der Waals surface area contributed by atoms with Crippen molar-refractivity contribution < 1.29 is 14.6 Å². The van der Waals surface area contributed by atoms with Gasteiger partial charge in [-0.05, 0) is 29.3 Å². The first-order valence-corrected chi connectivity index (χ1v) is 5.96. The zero-order valence-electron chi connectivity index (χ0n) is 10.9. The van der Waals surface area contributed by atoms with E-state index in [1.165, 1.54) is 0 Å². The smallest absolute Gasteiger partial charge is 0.327 e. The summed E-state index contributed by atoms with van der Waals surface area (Å²) < 4.78 is 5.07. The van der Waals surface area contributed by atoms with E-state index in [1.54, 1.807) is 7.11 Å². The van der Waals surface area contributed by atoms with Gasteiger partial charge < -0.3 is 15.6 Å². The number of aliphatic carboxylic acids is 1. The molecule has 106 valence electrons. The number of methoxy groups -OCH3 is 1. The highest BCUT2D eigenvalue weighted by atomic mass is 16.5. The van der Waals surface area contributed by atoms with Gasteiger partial charge in [0, 0.05) is 0 Å². The molecule has 0 radical (unpaired) electrons. The van der Waals surface area contributed by atoms with Crippen LogP contribution in [0.2, 0.25) is 0 Å². The summed E-state index contributed by atoms with van der Waals surface area (Å²) in [4.78, 5) is 11.5. The van der Waals surface area contributed by atoms with Crippen LogP contribution in [-0.4, -0.2) is 38.4 Å². The Morgan fingerprint density at radius 3 is 2.75 bits per heavy atom. The number of carboxylic acid groups (broad SMARTS) is 1. The Bertz CT molecular complexity index is 581. The zero-order chi connectivity index (χ0) is 14.5. The second-order valence-electron chi connectivity index (χ2n) is 4.23. The normalized spacial score (nSPS) is 12.1. The maximum absolute atomic E-state index is 10.5. The van der Waals surface area contributed by atoms with Gasteiger partial charge in [-0.15, -0.1) is 10.2 Å². The van der Waals surface area contributed by atoms with Crippen LogP contribution in [0.15, 0.2) is 24.3 Å². The topological polar surface area (TPSA) is 116 Å². The molecule has 1 aromatic heterocycles. The molecule has 0 saturated carbocycles. The molecule has 3 N–H and O–H groups in total. The molecule has 20 heavy (non-hydrogen) atoms. The van der Waals surface area contributed by atoms with E-state index in [1.807, 2.05) is 24.3 Å². The minimum atomic E-state index is -1.03. The first-order chi connectivity index (χ1) is 9.58. The van der Waals surface area contributed by atoms with Crippen LogP contribution in [0.5, 0.6) is 5.75 Å². The summed E-state index contributed by atoms with van der Waals surface area (Å²) in [5.74, 6) is 0.0626. The second-order valence-corrected chi connectivity index (χ2v) is 4.23. The van der Waals surface area contributed by atoms with E-state index in [0.717, 1.165) is 16.1 Å². The number of rotatable bonds is 6. The molecule has 2 aromatic rings. The Morgan fingerprint density at radius 1 is 1.45 bits per heavy atom. The van der Waals surface area contributed by atoms with E-state index < -0.39 is 12.0 Å². The number of tetrazole rings is 1. The number of ether oxygens (including phenoxy) is 1. The first kappa shape index (κ1) is 13.9. The average Bonchev–Trinajstić information content (AvgIpc) is 2.87. The number of nitrogens with two attached hydrogens (primary N) is 1. The van der Waals surface area contributed by atoms with Crippen LogP contribution >= 0.6 is 0 Å². The van der Waals surface area contributed by atoms with Crippen molar-refractivity contribution in [3.63, 3.8) is 0 Å². The van der Waals surface area contributed by atoms with E-state index in [4.69, 9.17) is 15.6 Å². The van der Waals surface area contributed by atoms with Gasteiger partial charge in [0.2, 0.25) is 0 Å². The van der Waals surface area contributed by atoms with Crippen LogP contribution in [0, 0.1) is 0 Å². The summed E-state index contributed by atoms with van der Waals surface area (Å²) in [7, 11) is 1.60. The molecular weight excluding hydrogens is 262 g/mol. The van der Waals surface area contributed by atoms with E-state index in [0.29, 0.717) is 12.2 Å². The van der Waals surface area contributed by atoms with Gasteiger partial charge in [0.25, 0.3) is 0 Å². The predicted molar refractivity (Wildman–Crippen MR) is 69.1 cm³/mol. The van der Waals surface area contributed by atoms with E-state index >= 15 is 0 Å². The lowest BCUT2D eigenvalue weighted by molar-refractivity contribution is -0.138. The molecular formula is C12H15N5O3. The molecule has 1 atom stereocenters. The summed E-state index contributed by atoms with van der Waals surface area (Å²) in [6.45, 7) is -0.331. The summed E-state index contributed by atoms with van der Waals surface area (Å²) in [6, 6.07) is 7.06.